The van der Waals surface area contributed by atoms with Crippen molar-refractivity contribution in [2.75, 3.05) is 0 Å². The van der Waals surface area contributed by atoms with Crippen LogP contribution in [0.5, 0.6) is 0 Å². The fourth-order valence-electron chi connectivity index (χ4n) is 1.43. The monoisotopic (exact) mass is 226 g/mol. The smallest absolute Gasteiger partial charge is 0.184 e. The molecule has 0 radical (unpaired) electrons. The van der Waals surface area contributed by atoms with Crippen molar-refractivity contribution in [1.29, 1.82) is 0 Å². The first-order valence-corrected chi connectivity index (χ1v) is 6.19. The van der Waals surface area contributed by atoms with Crippen molar-refractivity contribution >= 4 is 17.1 Å². The van der Waals surface area contributed by atoms with Crippen molar-refractivity contribution in [3.8, 4) is 0 Å². The van der Waals surface area contributed by atoms with Gasteiger partial charge in [-0.2, -0.15) is 0 Å². The first-order valence-electron chi connectivity index (χ1n) is 5.31. The van der Waals surface area contributed by atoms with E-state index in [2.05, 4.69) is 11.9 Å². The largest absolute Gasteiger partial charge is 0.322 e. The van der Waals surface area contributed by atoms with E-state index in [-0.39, 0.29) is 17.7 Å². The Morgan fingerprint density at radius 3 is 2.73 bits per heavy atom. The summed E-state index contributed by atoms with van der Waals surface area (Å²) in [5, 5.41) is 2.65. The lowest BCUT2D eigenvalue weighted by molar-refractivity contribution is 0.0919. The Bertz CT molecular complexity index is 333. The molecule has 0 aliphatic rings. The number of Topliss-reactive ketones (excluding diaryl/α,β-unsaturated/α-hetero) is 1. The molecule has 4 heteroatoms. The number of aromatic nitrogens is 1. The van der Waals surface area contributed by atoms with Crippen LogP contribution >= 0.6 is 11.3 Å². The molecular weight excluding hydrogens is 208 g/mol. The Balaban J connectivity index is 2.74. The van der Waals surface area contributed by atoms with Gasteiger partial charge >= 0.3 is 0 Å². The maximum absolute atomic E-state index is 11.9. The molecule has 2 N–H and O–H groups in total. The van der Waals surface area contributed by atoms with E-state index < -0.39 is 0 Å². The van der Waals surface area contributed by atoms with E-state index in [4.69, 9.17) is 5.73 Å². The van der Waals surface area contributed by atoms with E-state index >= 15 is 0 Å². The predicted molar refractivity (Wildman–Crippen MR) is 63.1 cm³/mol. The van der Waals surface area contributed by atoms with Gasteiger partial charge in [-0.3, -0.25) is 4.79 Å². The van der Waals surface area contributed by atoms with Crippen molar-refractivity contribution < 1.29 is 4.79 Å². The van der Waals surface area contributed by atoms with Gasteiger partial charge in [-0.1, -0.05) is 20.3 Å². The molecule has 0 aliphatic carbocycles. The van der Waals surface area contributed by atoms with E-state index in [1.807, 2.05) is 19.2 Å². The molecule has 0 spiro atoms. The average molecular weight is 226 g/mol. The summed E-state index contributed by atoms with van der Waals surface area (Å²) in [6, 6.07) is -0.0852. The molecule has 15 heavy (non-hydrogen) atoms. The third kappa shape index (κ3) is 3.11. The zero-order valence-corrected chi connectivity index (χ0v) is 10.3. The Morgan fingerprint density at radius 2 is 2.27 bits per heavy atom. The molecule has 0 bridgehead atoms. The molecule has 0 aromatic carbocycles. The molecule has 84 valence electrons. The minimum Gasteiger partial charge on any atom is -0.322 e. The second-order valence-electron chi connectivity index (χ2n) is 3.91. The highest BCUT2D eigenvalue weighted by molar-refractivity contribution is 7.09. The number of rotatable bonds is 5. The van der Waals surface area contributed by atoms with Gasteiger partial charge in [0.1, 0.15) is 10.7 Å². The van der Waals surface area contributed by atoms with E-state index in [9.17, 15) is 4.79 Å². The summed E-state index contributed by atoms with van der Waals surface area (Å²) in [6.45, 7) is 5.91. The highest BCUT2D eigenvalue weighted by atomic mass is 32.1. The van der Waals surface area contributed by atoms with Crippen LogP contribution in [0.3, 0.4) is 0 Å². The zero-order valence-electron chi connectivity index (χ0n) is 9.49. The zero-order chi connectivity index (χ0) is 11.4. The third-order valence-electron chi connectivity index (χ3n) is 2.33. The van der Waals surface area contributed by atoms with E-state index in [1.54, 1.807) is 0 Å². The molecule has 0 fully saturated rings. The molecule has 0 aliphatic heterocycles. The van der Waals surface area contributed by atoms with Gasteiger partial charge in [0, 0.05) is 11.3 Å². The normalized spacial score (nSPS) is 14.9. The van der Waals surface area contributed by atoms with Crippen LogP contribution in [0.15, 0.2) is 5.38 Å². The van der Waals surface area contributed by atoms with Gasteiger partial charge in [0.25, 0.3) is 0 Å². The second-order valence-corrected chi connectivity index (χ2v) is 4.80. The Kier molecular flexibility index (Phi) is 4.42. The summed E-state index contributed by atoms with van der Waals surface area (Å²) in [5.74, 6) is 0.207. The summed E-state index contributed by atoms with van der Waals surface area (Å²) < 4.78 is 0. The van der Waals surface area contributed by atoms with E-state index in [0.29, 0.717) is 5.69 Å². The van der Waals surface area contributed by atoms with Crippen LogP contribution in [0.25, 0.3) is 0 Å². The van der Waals surface area contributed by atoms with Crippen LogP contribution in [0, 0.1) is 5.92 Å². The van der Waals surface area contributed by atoms with Crippen LogP contribution in [0.2, 0.25) is 0 Å². The predicted octanol–water partition coefficient (Wildman–Crippen LogP) is 2.78. The topological polar surface area (TPSA) is 56.0 Å². The van der Waals surface area contributed by atoms with Crippen molar-refractivity contribution in [1.82, 2.24) is 4.98 Å². The molecule has 1 rings (SSSR count). The van der Waals surface area contributed by atoms with Crippen molar-refractivity contribution in [2.45, 2.75) is 39.7 Å². The molecule has 1 heterocycles. The minimum absolute atomic E-state index is 0.0676. The third-order valence-corrected chi connectivity index (χ3v) is 3.38. The second kappa shape index (κ2) is 5.37. The lowest BCUT2D eigenvalue weighted by Gasteiger charge is -2.05. The van der Waals surface area contributed by atoms with Crippen LogP contribution in [-0.2, 0) is 0 Å². The molecule has 0 saturated carbocycles. The number of nitrogens with zero attached hydrogens (tertiary/aromatic N) is 1. The van der Waals surface area contributed by atoms with Crippen molar-refractivity contribution in [3.05, 3.63) is 16.1 Å². The molecule has 0 saturated heterocycles. The van der Waals surface area contributed by atoms with Gasteiger partial charge in [0.05, 0.1) is 6.04 Å². The van der Waals surface area contributed by atoms with Gasteiger partial charge in [-0.05, 0) is 13.3 Å². The van der Waals surface area contributed by atoms with Crippen LogP contribution in [0.1, 0.15) is 55.2 Å². The molecule has 1 aromatic heterocycles. The number of nitrogens with two attached hydrogens (primary N) is 1. The molecule has 0 amide bonds. The fraction of sp³-hybridized carbons (Fsp3) is 0.636. The molecule has 2 unspecified atom stereocenters. The van der Waals surface area contributed by atoms with E-state index in [1.165, 1.54) is 11.3 Å². The summed E-state index contributed by atoms with van der Waals surface area (Å²) in [4.78, 5) is 16.1. The van der Waals surface area contributed by atoms with Gasteiger partial charge in [-0.25, -0.2) is 4.98 Å². The summed E-state index contributed by atoms with van der Waals surface area (Å²) in [6.07, 6.45) is 1.95. The maximum Gasteiger partial charge on any atom is 0.184 e. The Morgan fingerprint density at radius 1 is 1.60 bits per heavy atom. The van der Waals surface area contributed by atoms with Crippen LogP contribution in [0.4, 0.5) is 0 Å². The average Bonchev–Trinajstić information content (AvgIpc) is 2.65. The molecule has 2 atom stereocenters. The van der Waals surface area contributed by atoms with Gasteiger partial charge < -0.3 is 5.73 Å². The Hall–Kier alpha value is -0.740. The maximum atomic E-state index is 11.9. The number of carbonyl (C=O) groups is 1. The molecule has 3 nitrogen and oxygen atoms in total. The molecule has 1 aromatic rings. The number of hydrogen-bond acceptors (Lipinski definition) is 4. The van der Waals surface area contributed by atoms with Crippen molar-refractivity contribution in [2.24, 2.45) is 11.7 Å². The number of hydrogen-bond donors (Lipinski definition) is 1. The van der Waals surface area contributed by atoms with Crippen LogP contribution in [-0.4, -0.2) is 10.8 Å². The first kappa shape index (κ1) is 12.3. The van der Waals surface area contributed by atoms with Crippen LogP contribution < -0.4 is 5.73 Å². The number of ketones is 1. The van der Waals surface area contributed by atoms with Crippen molar-refractivity contribution in [3.63, 3.8) is 0 Å². The fourth-order valence-corrected chi connectivity index (χ4v) is 2.19. The standard InChI is InChI=1S/C11H18N2OS/c1-4-5-7(2)10(14)9-6-15-11(13-9)8(3)12/h6-8H,4-5,12H2,1-3H3. The quantitative estimate of drug-likeness (QED) is 0.785. The molecular formula is C11H18N2OS. The van der Waals surface area contributed by atoms with Gasteiger partial charge in [-0.15, -0.1) is 11.3 Å². The summed E-state index contributed by atoms with van der Waals surface area (Å²) >= 11 is 1.46. The lowest BCUT2D eigenvalue weighted by Crippen LogP contribution is -2.12. The SMILES string of the molecule is CCCC(C)C(=O)c1csc(C(C)N)n1. The summed E-state index contributed by atoms with van der Waals surface area (Å²) in [5.41, 5.74) is 6.28. The van der Waals surface area contributed by atoms with Gasteiger partial charge in [0.15, 0.2) is 5.78 Å². The minimum atomic E-state index is -0.0852. The summed E-state index contributed by atoms with van der Waals surface area (Å²) in [7, 11) is 0. The highest BCUT2D eigenvalue weighted by Crippen LogP contribution is 2.19. The van der Waals surface area contributed by atoms with E-state index in [0.717, 1.165) is 17.8 Å². The van der Waals surface area contributed by atoms with Gasteiger partial charge in [0.2, 0.25) is 0 Å². The number of carbonyl (C=O) groups excluding carboxylic acids is 1. The Labute approximate surface area is 94.7 Å². The number of thiazole rings is 1. The first-order chi connectivity index (χ1) is 7.06. The highest BCUT2D eigenvalue weighted by Gasteiger charge is 2.18. The lowest BCUT2D eigenvalue weighted by atomic mass is 9.99.